The number of aromatic nitrogens is 2. The lowest BCUT2D eigenvalue weighted by Gasteiger charge is -2.24. The molecule has 7 heteroatoms. The van der Waals surface area contributed by atoms with Gasteiger partial charge in [-0.1, -0.05) is 35.9 Å². The van der Waals surface area contributed by atoms with Gasteiger partial charge in [0.15, 0.2) is 0 Å². The number of hydrogen-bond acceptors (Lipinski definition) is 4. The predicted octanol–water partition coefficient (Wildman–Crippen LogP) is 4.45. The summed E-state index contributed by atoms with van der Waals surface area (Å²) in [4.78, 5) is 35.4. The molecule has 0 bridgehead atoms. The molecule has 1 aliphatic heterocycles. The molecule has 6 nitrogen and oxygen atoms in total. The van der Waals surface area contributed by atoms with Crippen molar-refractivity contribution in [1.29, 1.82) is 0 Å². The number of amides is 2. The van der Waals surface area contributed by atoms with Crippen LogP contribution in [0.4, 0.5) is 0 Å². The number of pyridine rings is 2. The van der Waals surface area contributed by atoms with Gasteiger partial charge in [-0.3, -0.25) is 19.6 Å². The quantitative estimate of drug-likeness (QED) is 0.604. The molecule has 0 aliphatic carbocycles. The summed E-state index contributed by atoms with van der Waals surface area (Å²) >= 11 is 6.05. The number of likely N-dealkylation sites (tertiary alicyclic amines) is 1. The Hall–Kier alpha value is -3.25. The number of rotatable bonds is 6. The third kappa shape index (κ3) is 4.97. The van der Waals surface area contributed by atoms with Gasteiger partial charge in [0.2, 0.25) is 5.91 Å². The van der Waals surface area contributed by atoms with Crippen LogP contribution in [0.3, 0.4) is 0 Å². The molecule has 1 atom stereocenters. The summed E-state index contributed by atoms with van der Waals surface area (Å²) in [5, 5.41) is 3.25. The SMILES string of the molecule is CNC(=O)c1ccc(-c2ccc(C3CCCN3C(=O)CCc3cccc(Cl)c3)nc2)cn1. The lowest BCUT2D eigenvalue weighted by Crippen LogP contribution is -2.31. The second-order valence-corrected chi connectivity index (χ2v) is 8.29. The summed E-state index contributed by atoms with van der Waals surface area (Å²) in [5.74, 6) is -0.0706. The summed E-state index contributed by atoms with van der Waals surface area (Å²) in [7, 11) is 1.58. The first-order chi connectivity index (χ1) is 15.5. The molecule has 164 valence electrons. The number of halogens is 1. The fourth-order valence-electron chi connectivity index (χ4n) is 4.06. The highest BCUT2D eigenvalue weighted by Crippen LogP contribution is 2.32. The smallest absolute Gasteiger partial charge is 0.269 e. The third-order valence-corrected chi connectivity index (χ3v) is 6.01. The molecule has 0 spiro atoms. The Morgan fingerprint density at radius 2 is 1.88 bits per heavy atom. The summed E-state index contributed by atoms with van der Waals surface area (Å²) < 4.78 is 0. The van der Waals surface area contributed by atoms with Crippen LogP contribution >= 0.6 is 11.6 Å². The van der Waals surface area contributed by atoms with Crippen molar-refractivity contribution in [3.63, 3.8) is 0 Å². The van der Waals surface area contributed by atoms with Crippen LogP contribution in [0.15, 0.2) is 60.9 Å². The minimum Gasteiger partial charge on any atom is -0.354 e. The Labute approximate surface area is 192 Å². The fourth-order valence-corrected chi connectivity index (χ4v) is 4.27. The first-order valence-corrected chi connectivity index (χ1v) is 11.1. The molecular formula is C25H25ClN4O2. The van der Waals surface area contributed by atoms with E-state index in [1.807, 2.05) is 47.4 Å². The molecule has 3 heterocycles. The second-order valence-electron chi connectivity index (χ2n) is 7.86. The van der Waals surface area contributed by atoms with Crippen LogP contribution in [0.25, 0.3) is 11.1 Å². The van der Waals surface area contributed by atoms with Crippen LogP contribution < -0.4 is 5.32 Å². The number of nitrogens with one attached hydrogen (secondary N) is 1. The van der Waals surface area contributed by atoms with E-state index in [0.29, 0.717) is 23.6 Å². The van der Waals surface area contributed by atoms with E-state index >= 15 is 0 Å². The van der Waals surface area contributed by atoms with Crippen LogP contribution in [-0.2, 0) is 11.2 Å². The molecule has 1 saturated heterocycles. The van der Waals surface area contributed by atoms with Crippen LogP contribution in [0, 0.1) is 0 Å². The Balaban J connectivity index is 1.42. The molecule has 32 heavy (non-hydrogen) atoms. The predicted molar refractivity (Wildman–Crippen MR) is 124 cm³/mol. The topological polar surface area (TPSA) is 75.2 Å². The lowest BCUT2D eigenvalue weighted by molar-refractivity contribution is -0.132. The largest absolute Gasteiger partial charge is 0.354 e. The Bertz CT molecular complexity index is 1100. The molecule has 1 unspecified atom stereocenters. The summed E-state index contributed by atoms with van der Waals surface area (Å²) in [6.07, 6.45) is 6.49. The van der Waals surface area contributed by atoms with E-state index in [2.05, 4.69) is 15.3 Å². The van der Waals surface area contributed by atoms with Gasteiger partial charge in [-0.15, -0.1) is 0 Å². The zero-order valence-corrected chi connectivity index (χ0v) is 18.7. The van der Waals surface area contributed by atoms with Crippen LogP contribution in [-0.4, -0.2) is 40.3 Å². The van der Waals surface area contributed by atoms with Crippen molar-refractivity contribution in [2.45, 2.75) is 31.7 Å². The monoisotopic (exact) mass is 448 g/mol. The highest BCUT2D eigenvalue weighted by atomic mass is 35.5. The number of aryl methyl sites for hydroxylation is 1. The molecule has 3 aromatic rings. The number of carbonyl (C=O) groups is 2. The van der Waals surface area contributed by atoms with Crippen molar-refractivity contribution in [3.8, 4) is 11.1 Å². The van der Waals surface area contributed by atoms with Gasteiger partial charge in [-0.2, -0.15) is 0 Å². The van der Waals surface area contributed by atoms with E-state index in [1.165, 1.54) is 0 Å². The fraction of sp³-hybridized carbons (Fsp3) is 0.280. The van der Waals surface area contributed by atoms with E-state index in [9.17, 15) is 9.59 Å². The van der Waals surface area contributed by atoms with E-state index in [0.717, 1.165) is 41.8 Å². The van der Waals surface area contributed by atoms with Crippen molar-refractivity contribution in [2.24, 2.45) is 0 Å². The average molecular weight is 449 g/mol. The summed E-state index contributed by atoms with van der Waals surface area (Å²) in [6.45, 7) is 0.757. The molecule has 1 aromatic carbocycles. The average Bonchev–Trinajstić information content (AvgIpc) is 3.32. The molecule has 4 rings (SSSR count). The van der Waals surface area contributed by atoms with Gasteiger partial charge in [0.05, 0.1) is 11.7 Å². The van der Waals surface area contributed by atoms with Crippen LogP contribution in [0.5, 0.6) is 0 Å². The highest BCUT2D eigenvalue weighted by molar-refractivity contribution is 6.30. The summed E-state index contributed by atoms with van der Waals surface area (Å²) in [6, 6.07) is 15.2. The number of benzene rings is 1. The number of carbonyl (C=O) groups excluding carboxylic acids is 2. The van der Waals surface area contributed by atoms with Crippen LogP contribution in [0.2, 0.25) is 5.02 Å². The van der Waals surface area contributed by atoms with E-state index in [1.54, 1.807) is 25.5 Å². The van der Waals surface area contributed by atoms with Gasteiger partial charge >= 0.3 is 0 Å². The zero-order chi connectivity index (χ0) is 22.5. The minimum atomic E-state index is -0.216. The molecular weight excluding hydrogens is 424 g/mol. The second kappa shape index (κ2) is 9.92. The van der Waals surface area contributed by atoms with Crippen molar-refractivity contribution in [1.82, 2.24) is 20.2 Å². The maximum absolute atomic E-state index is 12.9. The summed E-state index contributed by atoms with van der Waals surface area (Å²) in [5.41, 5.74) is 4.15. The Morgan fingerprint density at radius 3 is 2.53 bits per heavy atom. The van der Waals surface area contributed by atoms with Crippen molar-refractivity contribution in [3.05, 3.63) is 82.9 Å². The molecule has 2 aromatic heterocycles. The molecule has 0 saturated carbocycles. The minimum absolute atomic E-state index is 0.00432. The highest BCUT2D eigenvalue weighted by Gasteiger charge is 2.30. The van der Waals surface area contributed by atoms with Gasteiger partial charge in [-0.25, -0.2) is 0 Å². The van der Waals surface area contributed by atoms with Gasteiger partial charge < -0.3 is 10.2 Å². The van der Waals surface area contributed by atoms with E-state index < -0.39 is 0 Å². The Morgan fingerprint density at radius 1 is 1.09 bits per heavy atom. The van der Waals surface area contributed by atoms with Gasteiger partial charge in [-0.05, 0) is 49.1 Å². The Kier molecular flexibility index (Phi) is 6.81. The number of nitrogens with zero attached hydrogens (tertiary/aromatic N) is 3. The molecule has 0 radical (unpaired) electrons. The third-order valence-electron chi connectivity index (χ3n) is 5.77. The maximum Gasteiger partial charge on any atom is 0.269 e. The molecule has 1 aliphatic rings. The van der Waals surface area contributed by atoms with Crippen molar-refractivity contribution < 1.29 is 9.59 Å². The zero-order valence-electron chi connectivity index (χ0n) is 17.9. The standard InChI is InChI=1S/C25H25ClN4O2/c1-27-25(32)22-11-9-19(16-29-22)18-8-10-21(28-15-18)23-6-3-13-30(23)24(31)12-7-17-4-2-5-20(26)14-17/h2,4-5,8-11,14-16,23H,3,6-7,12-13H2,1H3,(H,27,32). The van der Waals surface area contributed by atoms with Gasteiger partial charge in [0.1, 0.15) is 5.69 Å². The van der Waals surface area contributed by atoms with Gasteiger partial charge in [0, 0.05) is 48.6 Å². The first kappa shape index (κ1) is 22.0. The van der Waals surface area contributed by atoms with E-state index in [-0.39, 0.29) is 17.9 Å². The number of hydrogen-bond donors (Lipinski definition) is 1. The molecule has 1 fully saturated rings. The lowest BCUT2D eigenvalue weighted by atomic mass is 10.1. The van der Waals surface area contributed by atoms with Crippen LogP contribution in [0.1, 0.15) is 47.1 Å². The molecule has 2 amide bonds. The van der Waals surface area contributed by atoms with Crippen molar-refractivity contribution in [2.75, 3.05) is 13.6 Å². The van der Waals surface area contributed by atoms with Gasteiger partial charge in [0.25, 0.3) is 5.91 Å². The van der Waals surface area contributed by atoms with E-state index in [4.69, 9.17) is 11.6 Å². The first-order valence-electron chi connectivity index (χ1n) is 10.7. The molecule has 1 N–H and O–H groups in total. The normalized spacial score (nSPS) is 15.6. The van der Waals surface area contributed by atoms with Crippen molar-refractivity contribution >= 4 is 23.4 Å². The maximum atomic E-state index is 12.9.